The van der Waals surface area contributed by atoms with E-state index >= 15 is 0 Å². The SMILES string of the molecule is COc1cc(C(CC(=O)NCCC(=O)Nc2ccccn2)c2c(O)cc3c(c2O)C(=O)O[C@@H](C)CCCC(=O)CCC/C=C/3)cc(OC)c1OC. The Kier molecular flexibility index (Phi) is 13.8. The maximum atomic E-state index is 13.7. The summed E-state index contributed by atoms with van der Waals surface area (Å²) in [4.78, 5) is 55.9. The number of Topliss-reactive ketones (excluding diaryl/α,β-unsaturated/α-hetero) is 1. The number of ether oxygens (including phenoxy) is 4. The van der Waals surface area contributed by atoms with E-state index in [0.29, 0.717) is 49.9 Å². The van der Waals surface area contributed by atoms with Gasteiger partial charge < -0.3 is 39.8 Å². The molecule has 272 valence electrons. The van der Waals surface area contributed by atoms with Gasteiger partial charge >= 0.3 is 5.97 Å². The molecule has 0 spiro atoms. The minimum atomic E-state index is -1.06. The molecule has 1 aromatic heterocycles. The van der Waals surface area contributed by atoms with Gasteiger partial charge in [0.1, 0.15) is 28.7 Å². The fourth-order valence-corrected chi connectivity index (χ4v) is 5.92. The third-order valence-electron chi connectivity index (χ3n) is 8.49. The number of carbonyl (C=O) groups is 4. The molecule has 0 radical (unpaired) electrons. The Morgan fingerprint density at radius 1 is 1.00 bits per heavy atom. The highest BCUT2D eigenvalue weighted by atomic mass is 16.5. The fourth-order valence-electron chi connectivity index (χ4n) is 5.92. The maximum Gasteiger partial charge on any atom is 0.342 e. The second-order valence-corrected chi connectivity index (χ2v) is 12.1. The number of rotatable bonds is 11. The first-order valence-electron chi connectivity index (χ1n) is 16.8. The first-order chi connectivity index (χ1) is 24.6. The molecule has 13 nitrogen and oxygen atoms in total. The van der Waals surface area contributed by atoms with Crippen LogP contribution in [0.15, 0.2) is 48.7 Å². The average molecular weight is 704 g/mol. The zero-order valence-electron chi connectivity index (χ0n) is 29.3. The van der Waals surface area contributed by atoms with Gasteiger partial charge in [0.2, 0.25) is 17.6 Å². The molecule has 2 aromatic carbocycles. The quantitative estimate of drug-likeness (QED) is 0.181. The largest absolute Gasteiger partial charge is 0.507 e. The van der Waals surface area contributed by atoms with Gasteiger partial charge in [-0.1, -0.05) is 18.2 Å². The molecule has 51 heavy (non-hydrogen) atoms. The number of aromatic hydroxyl groups is 2. The standard InChI is InChI=1S/C38H45N3O10/c1-23-11-10-14-26(42)13-7-5-6-12-24-19-28(43)35(36(46)34(24)38(47)51-23)27(25-20-29(48-2)37(50-4)30(21-25)49-3)22-33(45)40-18-16-32(44)41-31-15-8-9-17-39-31/h6,8-9,12,15,17,19-21,23,27,43,46H,5,7,10-11,13-14,16,18,22H2,1-4H3,(H,40,45)(H,39,41,44)/b12-6+/t23-,27?/m0/s1. The number of phenols is 2. The second-order valence-electron chi connectivity index (χ2n) is 12.1. The van der Waals surface area contributed by atoms with Crippen molar-refractivity contribution >= 4 is 35.5 Å². The molecule has 4 N–H and O–H groups in total. The highest BCUT2D eigenvalue weighted by Gasteiger charge is 2.32. The number of nitrogens with one attached hydrogen (secondary N) is 2. The van der Waals surface area contributed by atoms with Crippen LogP contribution in [-0.2, 0) is 19.1 Å². The Morgan fingerprint density at radius 2 is 1.73 bits per heavy atom. The van der Waals surface area contributed by atoms with Crippen LogP contribution < -0.4 is 24.8 Å². The predicted octanol–water partition coefficient (Wildman–Crippen LogP) is 5.67. The number of ketones is 1. The van der Waals surface area contributed by atoms with Gasteiger partial charge in [-0.15, -0.1) is 0 Å². The number of benzene rings is 2. The van der Waals surface area contributed by atoms with Crippen molar-refractivity contribution in [2.45, 2.75) is 70.3 Å². The van der Waals surface area contributed by atoms with Crippen molar-refractivity contribution in [3.05, 3.63) is 70.9 Å². The van der Waals surface area contributed by atoms with E-state index in [1.807, 2.05) is 0 Å². The van der Waals surface area contributed by atoms with Crippen molar-refractivity contribution in [1.82, 2.24) is 10.3 Å². The molecule has 0 saturated carbocycles. The summed E-state index contributed by atoms with van der Waals surface area (Å²) in [6, 6.07) is 9.62. The summed E-state index contributed by atoms with van der Waals surface area (Å²) >= 11 is 0. The predicted molar refractivity (Wildman–Crippen MR) is 189 cm³/mol. The third-order valence-corrected chi connectivity index (χ3v) is 8.49. The van der Waals surface area contributed by atoms with Crippen LogP contribution in [0, 0.1) is 0 Å². The van der Waals surface area contributed by atoms with Crippen LogP contribution >= 0.6 is 0 Å². The number of amides is 2. The van der Waals surface area contributed by atoms with Gasteiger partial charge in [0, 0.05) is 49.9 Å². The number of aromatic nitrogens is 1. The number of fused-ring (bicyclic) bond motifs is 1. The number of nitrogens with zero attached hydrogens (tertiary/aromatic N) is 1. The van der Waals surface area contributed by atoms with E-state index in [9.17, 15) is 29.4 Å². The maximum absolute atomic E-state index is 13.7. The van der Waals surface area contributed by atoms with Gasteiger partial charge in [0.25, 0.3) is 0 Å². The van der Waals surface area contributed by atoms with Crippen molar-refractivity contribution in [3.8, 4) is 28.7 Å². The summed E-state index contributed by atoms with van der Waals surface area (Å²) in [6.45, 7) is 1.70. The van der Waals surface area contributed by atoms with Crippen LogP contribution in [0.2, 0.25) is 0 Å². The smallest absolute Gasteiger partial charge is 0.342 e. The van der Waals surface area contributed by atoms with Gasteiger partial charge in [-0.2, -0.15) is 0 Å². The van der Waals surface area contributed by atoms with Crippen molar-refractivity contribution in [3.63, 3.8) is 0 Å². The lowest BCUT2D eigenvalue weighted by Gasteiger charge is -2.24. The van der Waals surface area contributed by atoms with Crippen molar-refractivity contribution in [1.29, 1.82) is 0 Å². The molecule has 1 aliphatic heterocycles. The zero-order valence-corrected chi connectivity index (χ0v) is 29.3. The summed E-state index contributed by atoms with van der Waals surface area (Å²) in [5.41, 5.74) is 0.321. The lowest BCUT2D eigenvalue weighted by Crippen LogP contribution is -2.29. The Hall–Kier alpha value is -5.59. The molecular weight excluding hydrogens is 658 g/mol. The third kappa shape index (κ3) is 10.2. The Balaban J connectivity index is 1.74. The normalized spacial score (nSPS) is 16.4. The lowest BCUT2D eigenvalue weighted by atomic mass is 9.84. The van der Waals surface area contributed by atoms with E-state index in [4.69, 9.17) is 18.9 Å². The Bertz CT molecular complexity index is 1720. The molecule has 0 saturated heterocycles. The number of allylic oxidation sites excluding steroid dienone is 1. The summed E-state index contributed by atoms with van der Waals surface area (Å²) in [7, 11) is 4.30. The molecule has 2 amide bonds. The molecular formula is C38H45N3O10. The molecule has 3 aromatic rings. The molecule has 0 aliphatic carbocycles. The minimum absolute atomic E-state index is 0.0117. The van der Waals surface area contributed by atoms with E-state index in [2.05, 4.69) is 15.6 Å². The molecule has 0 bridgehead atoms. The summed E-state index contributed by atoms with van der Waals surface area (Å²) < 4.78 is 22.3. The first-order valence-corrected chi connectivity index (χ1v) is 16.8. The number of anilines is 1. The first kappa shape index (κ1) is 38.2. The van der Waals surface area contributed by atoms with Crippen LogP contribution in [0.5, 0.6) is 28.7 Å². The van der Waals surface area contributed by atoms with E-state index < -0.39 is 29.6 Å². The average Bonchev–Trinajstić information content (AvgIpc) is 3.10. The van der Waals surface area contributed by atoms with Gasteiger partial charge in [0.15, 0.2) is 11.5 Å². The van der Waals surface area contributed by atoms with E-state index in [1.54, 1.807) is 55.6 Å². The number of carbonyl (C=O) groups excluding carboxylic acids is 4. The highest BCUT2D eigenvalue weighted by Crippen LogP contribution is 2.47. The Labute approximate surface area is 297 Å². The molecule has 4 rings (SSSR count). The lowest BCUT2D eigenvalue weighted by molar-refractivity contribution is -0.121. The van der Waals surface area contributed by atoms with E-state index in [0.717, 1.165) is 0 Å². The van der Waals surface area contributed by atoms with Crippen molar-refractivity contribution < 1.29 is 48.3 Å². The van der Waals surface area contributed by atoms with Gasteiger partial charge in [0.05, 0.1) is 27.4 Å². The number of hydrogen-bond acceptors (Lipinski definition) is 11. The van der Waals surface area contributed by atoms with Crippen LogP contribution in [0.3, 0.4) is 0 Å². The van der Waals surface area contributed by atoms with E-state index in [1.165, 1.54) is 27.4 Å². The van der Waals surface area contributed by atoms with Gasteiger partial charge in [-0.25, -0.2) is 9.78 Å². The van der Waals surface area contributed by atoms with Gasteiger partial charge in [-0.05, 0) is 74.1 Å². The monoisotopic (exact) mass is 703 g/mol. The zero-order chi connectivity index (χ0) is 36.9. The number of cyclic esters (lactones) is 1. The van der Waals surface area contributed by atoms with E-state index in [-0.39, 0.29) is 70.8 Å². The fraction of sp³-hybridized carbons (Fsp3) is 0.395. The number of esters is 1. The molecule has 2 heterocycles. The summed E-state index contributed by atoms with van der Waals surface area (Å²) in [6.07, 6.45) is 6.93. The van der Waals surface area contributed by atoms with Crippen LogP contribution in [0.1, 0.15) is 91.3 Å². The molecule has 2 atom stereocenters. The number of pyridine rings is 1. The number of hydrogen-bond donors (Lipinski definition) is 4. The van der Waals surface area contributed by atoms with Crippen LogP contribution in [0.4, 0.5) is 5.82 Å². The number of methoxy groups -OCH3 is 3. The van der Waals surface area contributed by atoms with Gasteiger partial charge in [-0.3, -0.25) is 14.4 Å². The second kappa shape index (κ2) is 18.4. The summed E-state index contributed by atoms with van der Waals surface area (Å²) in [5.74, 6) is -2.36. The van der Waals surface area contributed by atoms with Crippen molar-refractivity contribution in [2.75, 3.05) is 33.2 Å². The highest BCUT2D eigenvalue weighted by molar-refractivity contribution is 5.98. The summed E-state index contributed by atoms with van der Waals surface area (Å²) in [5, 5.41) is 28.8. The van der Waals surface area contributed by atoms with Crippen LogP contribution in [-0.4, -0.2) is 72.7 Å². The molecule has 1 unspecified atom stereocenters. The number of phenolic OH excluding ortho intramolecular Hbond substituents is 2. The molecule has 0 fully saturated rings. The van der Waals surface area contributed by atoms with Crippen LogP contribution in [0.25, 0.3) is 6.08 Å². The van der Waals surface area contributed by atoms with Crippen molar-refractivity contribution in [2.24, 2.45) is 0 Å². The molecule has 1 aliphatic rings. The molecule has 13 heteroatoms. The topological polar surface area (TPSA) is 183 Å². The Morgan fingerprint density at radius 3 is 2.39 bits per heavy atom. The minimum Gasteiger partial charge on any atom is -0.507 e.